The highest BCUT2D eigenvalue weighted by Crippen LogP contribution is 2.25. The summed E-state index contributed by atoms with van der Waals surface area (Å²) in [5.74, 6) is 0.140. The summed E-state index contributed by atoms with van der Waals surface area (Å²) in [7, 11) is 1.77. The van der Waals surface area contributed by atoms with Crippen molar-refractivity contribution < 1.29 is 9.13 Å². The number of anilines is 2. The minimum Gasteiger partial charge on any atom is -0.489 e. The van der Waals surface area contributed by atoms with E-state index < -0.39 is 0 Å². The van der Waals surface area contributed by atoms with Gasteiger partial charge in [0.15, 0.2) is 0 Å². The third kappa shape index (κ3) is 3.63. The van der Waals surface area contributed by atoms with Gasteiger partial charge in [0.25, 0.3) is 5.56 Å². The molecule has 0 amide bonds. The first kappa shape index (κ1) is 16.6. The van der Waals surface area contributed by atoms with Crippen LogP contribution in [0.1, 0.15) is 5.56 Å². The van der Waals surface area contributed by atoms with Gasteiger partial charge in [-0.1, -0.05) is 18.2 Å². The zero-order chi connectivity index (χ0) is 17.8. The Kier molecular flexibility index (Phi) is 4.70. The molecular weight excluding hydrogens is 321 g/mol. The van der Waals surface area contributed by atoms with E-state index >= 15 is 0 Å². The molecule has 25 heavy (non-hydrogen) atoms. The second kappa shape index (κ2) is 7.09. The number of para-hydroxylation sites is 1. The predicted molar refractivity (Wildman–Crippen MR) is 96.7 cm³/mol. The molecule has 128 valence electrons. The first-order valence-electron chi connectivity index (χ1n) is 7.75. The number of nitrogens with one attached hydrogen (secondary N) is 1. The minimum absolute atomic E-state index is 0.251. The molecular formula is C19H18FN3O2. The number of hydrogen-bond acceptors (Lipinski definition) is 4. The highest BCUT2D eigenvalue weighted by molar-refractivity contribution is 5.75. The highest BCUT2D eigenvalue weighted by Gasteiger charge is 2.08. The van der Waals surface area contributed by atoms with Crippen LogP contribution in [0.2, 0.25) is 0 Å². The molecule has 3 aromatic rings. The highest BCUT2D eigenvalue weighted by atomic mass is 19.1. The fourth-order valence-corrected chi connectivity index (χ4v) is 2.48. The fourth-order valence-electron chi connectivity index (χ4n) is 2.48. The van der Waals surface area contributed by atoms with Gasteiger partial charge in [0, 0.05) is 19.3 Å². The van der Waals surface area contributed by atoms with Crippen LogP contribution < -0.4 is 21.3 Å². The first-order valence-corrected chi connectivity index (χ1v) is 7.75. The molecule has 0 fully saturated rings. The number of hydrogen-bond donors (Lipinski definition) is 2. The maximum absolute atomic E-state index is 12.9. The van der Waals surface area contributed by atoms with Crippen LogP contribution in [-0.4, -0.2) is 11.6 Å². The Labute approximate surface area is 144 Å². The molecule has 0 atom stereocenters. The van der Waals surface area contributed by atoms with E-state index in [0.29, 0.717) is 17.1 Å². The molecule has 1 heterocycles. The SMILES string of the molecule is CNc1cccc(-n2ccc(OCc3ccc(F)cc3)cc2=O)c1N. The van der Waals surface area contributed by atoms with Gasteiger partial charge in [-0.3, -0.25) is 9.36 Å². The first-order chi connectivity index (χ1) is 12.1. The zero-order valence-electron chi connectivity index (χ0n) is 13.7. The summed E-state index contributed by atoms with van der Waals surface area (Å²) in [6.45, 7) is 0.251. The zero-order valence-corrected chi connectivity index (χ0v) is 13.7. The smallest absolute Gasteiger partial charge is 0.258 e. The topological polar surface area (TPSA) is 69.3 Å². The molecule has 0 saturated carbocycles. The van der Waals surface area contributed by atoms with E-state index in [1.54, 1.807) is 37.5 Å². The van der Waals surface area contributed by atoms with E-state index in [-0.39, 0.29) is 18.0 Å². The molecule has 6 heteroatoms. The standard InChI is InChI=1S/C19H18FN3O2/c1-22-16-3-2-4-17(19(16)21)23-10-9-15(11-18(23)24)25-12-13-5-7-14(20)8-6-13/h2-11,22H,12,21H2,1H3. The van der Waals surface area contributed by atoms with Gasteiger partial charge in [0.2, 0.25) is 0 Å². The number of rotatable bonds is 5. The molecule has 1 aromatic heterocycles. The average Bonchev–Trinajstić information content (AvgIpc) is 2.62. The summed E-state index contributed by atoms with van der Waals surface area (Å²) in [6.07, 6.45) is 1.62. The van der Waals surface area contributed by atoms with Gasteiger partial charge >= 0.3 is 0 Å². The van der Waals surface area contributed by atoms with Crippen LogP contribution in [0.15, 0.2) is 65.6 Å². The largest absolute Gasteiger partial charge is 0.489 e. The molecule has 0 unspecified atom stereocenters. The van der Waals surface area contributed by atoms with Crippen LogP contribution in [-0.2, 0) is 6.61 Å². The summed E-state index contributed by atoms with van der Waals surface area (Å²) < 4.78 is 20.0. The summed E-state index contributed by atoms with van der Waals surface area (Å²) in [4.78, 5) is 12.4. The molecule has 3 N–H and O–H groups in total. The van der Waals surface area contributed by atoms with E-state index in [4.69, 9.17) is 10.5 Å². The maximum atomic E-state index is 12.9. The third-order valence-electron chi connectivity index (χ3n) is 3.82. The lowest BCUT2D eigenvalue weighted by Crippen LogP contribution is -2.18. The average molecular weight is 339 g/mol. The fraction of sp³-hybridized carbons (Fsp3) is 0.105. The molecule has 0 aliphatic carbocycles. The number of pyridine rings is 1. The second-order valence-electron chi connectivity index (χ2n) is 5.47. The van der Waals surface area contributed by atoms with Crippen LogP contribution in [0.4, 0.5) is 15.8 Å². The lowest BCUT2D eigenvalue weighted by atomic mass is 10.2. The van der Waals surface area contributed by atoms with Crippen LogP contribution in [0.25, 0.3) is 5.69 Å². The number of halogens is 1. The Morgan fingerprint density at radius 2 is 1.92 bits per heavy atom. The van der Waals surface area contributed by atoms with Crippen LogP contribution >= 0.6 is 0 Å². The van der Waals surface area contributed by atoms with Crippen molar-refractivity contribution in [1.29, 1.82) is 0 Å². The normalized spacial score (nSPS) is 10.5. The number of ether oxygens (including phenoxy) is 1. The third-order valence-corrected chi connectivity index (χ3v) is 3.82. The van der Waals surface area contributed by atoms with Gasteiger partial charge < -0.3 is 15.8 Å². The maximum Gasteiger partial charge on any atom is 0.258 e. The Balaban J connectivity index is 1.81. The van der Waals surface area contributed by atoms with Crippen molar-refractivity contribution in [2.24, 2.45) is 0 Å². The number of nitrogens with two attached hydrogens (primary N) is 1. The van der Waals surface area contributed by atoms with Crippen molar-refractivity contribution >= 4 is 11.4 Å². The van der Waals surface area contributed by atoms with E-state index in [2.05, 4.69) is 5.32 Å². The summed E-state index contributed by atoms with van der Waals surface area (Å²) >= 11 is 0. The Hall–Kier alpha value is -3.28. The molecule has 5 nitrogen and oxygen atoms in total. The van der Waals surface area contributed by atoms with Gasteiger partial charge in [-0.25, -0.2) is 4.39 Å². The predicted octanol–water partition coefficient (Wildman–Crippen LogP) is 3.18. The second-order valence-corrected chi connectivity index (χ2v) is 5.47. The number of nitrogen functional groups attached to an aromatic ring is 1. The van der Waals surface area contributed by atoms with Gasteiger partial charge in [0.05, 0.1) is 17.1 Å². The van der Waals surface area contributed by atoms with E-state index in [0.717, 1.165) is 11.3 Å². The van der Waals surface area contributed by atoms with Crippen LogP contribution in [0.3, 0.4) is 0 Å². The van der Waals surface area contributed by atoms with Crippen LogP contribution in [0.5, 0.6) is 5.75 Å². The lowest BCUT2D eigenvalue weighted by Gasteiger charge is -2.13. The number of nitrogens with zero attached hydrogens (tertiary/aromatic N) is 1. The molecule has 0 aliphatic rings. The van der Waals surface area contributed by atoms with Crippen molar-refractivity contribution in [3.8, 4) is 11.4 Å². The van der Waals surface area contributed by atoms with E-state index in [9.17, 15) is 9.18 Å². The monoisotopic (exact) mass is 339 g/mol. The molecule has 2 aromatic carbocycles. The molecule has 0 saturated heterocycles. The Morgan fingerprint density at radius 1 is 1.16 bits per heavy atom. The van der Waals surface area contributed by atoms with Crippen molar-refractivity contribution in [1.82, 2.24) is 4.57 Å². The molecule has 0 radical (unpaired) electrons. The number of benzene rings is 2. The van der Waals surface area contributed by atoms with Crippen molar-refractivity contribution in [2.45, 2.75) is 6.61 Å². The van der Waals surface area contributed by atoms with E-state index in [1.807, 2.05) is 12.1 Å². The van der Waals surface area contributed by atoms with Gasteiger partial charge in [0.1, 0.15) is 18.2 Å². The van der Waals surface area contributed by atoms with Crippen LogP contribution in [0, 0.1) is 5.82 Å². The van der Waals surface area contributed by atoms with Gasteiger partial charge in [-0.05, 0) is 35.9 Å². The molecule has 0 aliphatic heterocycles. The van der Waals surface area contributed by atoms with Crippen molar-refractivity contribution in [2.75, 3.05) is 18.1 Å². The summed E-state index contributed by atoms with van der Waals surface area (Å²) in [5.41, 5.74) is 8.50. The molecule has 0 bridgehead atoms. The molecule has 0 spiro atoms. The summed E-state index contributed by atoms with van der Waals surface area (Å²) in [6, 6.07) is 14.5. The van der Waals surface area contributed by atoms with Crippen molar-refractivity contribution in [3.63, 3.8) is 0 Å². The quantitative estimate of drug-likeness (QED) is 0.701. The van der Waals surface area contributed by atoms with Crippen molar-refractivity contribution in [3.05, 3.63) is 82.5 Å². The summed E-state index contributed by atoms with van der Waals surface area (Å²) in [5, 5.41) is 2.99. The minimum atomic E-state index is -0.298. The number of aromatic nitrogens is 1. The molecule has 3 rings (SSSR count). The lowest BCUT2D eigenvalue weighted by molar-refractivity contribution is 0.305. The van der Waals surface area contributed by atoms with Gasteiger partial charge in [-0.2, -0.15) is 0 Å². The van der Waals surface area contributed by atoms with Gasteiger partial charge in [-0.15, -0.1) is 0 Å². The Morgan fingerprint density at radius 3 is 2.60 bits per heavy atom. The Bertz CT molecular complexity index is 936. The van der Waals surface area contributed by atoms with E-state index in [1.165, 1.54) is 22.8 Å².